The Balaban J connectivity index is 1.32. The summed E-state index contributed by atoms with van der Waals surface area (Å²) in [5, 5.41) is 7.51. The van der Waals surface area contributed by atoms with Crippen LogP contribution in [0.2, 0.25) is 0 Å². The van der Waals surface area contributed by atoms with Gasteiger partial charge in [-0.1, -0.05) is 0 Å². The summed E-state index contributed by atoms with van der Waals surface area (Å²) in [5.74, 6) is 2.13. The van der Waals surface area contributed by atoms with Gasteiger partial charge in [-0.05, 0) is 68.5 Å². The number of nitrogens with one attached hydrogen (secondary N) is 1. The Bertz CT molecular complexity index is 1230. The molecule has 4 aromatic heterocycles. The number of carbonyl (C=O) groups excluding carboxylic acids is 1. The first-order valence-electron chi connectivity index (χ1n) is 10.8. The molecule has 4 heterocycles. The van der Waals surface area contributed by atoms with Crippen LogP contribution >= 0.6 is 0 Å². The van der Waals surface area contributed by atoms with Crippen molar-refractivity contribution in [3.05, 3.63) is 77.7 Å². The van der Waals surface area contributed by atoms with E-state index in [-0.39, 0.29) is 5.91 Å². The van der Waals surface area contributed by atoms with E-state index in [2.05, 4.69) is 25.4 Å². The largest absolute Gasteiger partial charge is 0.460 e. The predicted octanol–water partition coefficient (Wildman–Crippen LogP) is 3.87. The Kier molecular flexibility index (Phi) is 5.49. The van der Waals surface area contributed by atoms with Crippen molar-refractivity contribution in [2.24, 2.45) is 0 Å². The second kappa shape index (κ2) is 8.74. The van der Waals surface area contributed by atoms with Crippen molar-refractivity contribution in [3.63, 3.8) is 0 Å². The van der Waals surface area contributed by atoms with Crippen LogP contribution < -0.4 is 5.32 Å². The molecule has 32 heavy (non-hydrogen) atoms. The van der Waals surface area contributed by atoms with Gasteiger partial charge >= 0.3 is 0 Å². The van der Waals surface area contributed by atoms with Gasteiger partial charge in [0, 0.05) is 31.1 Å². The topological polar surface area (TPSA) is 98.7 Å². The molecule has 4 aromatic rings. The molecule has 1 amide bonds. The molecule has 1 saturated carbocycles. The zero-order valence-corrected chi connectivity index (χ0v) is 17.9. The third-order valence-corrected chi connectivity index (χ3v) is 5.52. The molecule has 0 unspecified atom stereocenters. The second-order valence-corrected chi connectivity index (χ2v) is 8.00. The van der Waals surface area contributed by atoms with E-state index in [0.29, 0.717) is 35.4 Å². The Morgan fingerprint density at radius 2 is 2.00 bits per heavy atom. The lowest BCUT2D eigenvalue weighted by atomic mass is 10.1. The molecule has 0 bridgehead atoms. The fourth-order valence-corrected chi connectivity index (χ4v) is 3.74. The van der Waals surface area contributed by atoms with Crippen LogP contribution in [0.1, 0.15) is 52.6 Å². The summed E-state index contributed by atoms with van der Waals surface area (Å²) in [6.07, 6.45) is 10.7. The molecular weight excluding hydrogens is 404 g/mol. The van der Waals surface area contributed by atoms with Crippen molar-refractivity contribution in [1.82, 2.24) is 30.0 Å². The summed E-state index contributed by atoms with van der Waals surface area (Å²) in [6.45, 7) is 2.49. The molecule has 8 nitrogen and oxygen atoms in total. The average molecular weight is 428 g/mol. The van der Waals surface area contributed by atoms with Crippen molar-refractivity contribution in [1.29, 1.82) is 0 Å². The van der Waals surface area contributed by atoms with E-state index in [0.717, 1.165) is 37.1 Å². The number of nitrogens with zero attached hydrogens (tertiary/aromatic N) is 5. The predicted molar refractivity (Wildman–Crippen MR) is 118 cm³/mol. The van der Waals surface area contributed by atoms with Crippen LogP contribution in [0.4, 0.5) is 0 Å². The smallest absolute Gasteiger partial charge is 0.254 e. The molecule has 0 aliphatic heterocycles. The summed E-state index contributed by atoms with van der Waals surface area (Å²) in [4.78, 5) is 26.0. The number of aromatic nitrogens is 5. The van der Waals surface area contributed by atoms with Gasteiger partial charge in [0.25, 0.3) is 11.9 Å². The third kappa shape index (κ3) is 4.30. The van der Waals surface area contributed by atoms with Crippen molar-refractivity contribution in [2.75, 3.05) is 6.54 Å². The maximum absolute atomic E-state index is 12.9. The van der Waals surface area contributed by atoms with Crippen LogP contribution in [0.5, 0.6) is 0 Å². The van der Waals surface area contributed by atoms with Gasteiger partial charge in [-0.2, -0.15) is 5.10 Å². The Hall–Kier alpha value is -3.81. The highest BCUT2D eigenvalue weighted by Gasteiger charge is 2.33. The number of hydrogen-bond acceptors (Lipinski definition) is 6. The van der Waals surface area contributed by atoms with E-state index in [1.165, 1.54) is 5.56 Å². The molecule has 162 valence electrons. The number of amides is 1. The average Bonchev–Trinajstić information content (AvgIpc) is 3.41. The number of rotatable bonds is 8. The number of hydrogen-bond donors (Lipinski definition) is 1. The lowest BCUT2D eigenvalue weighted by molar-refractivity contribution is 0.0952. The SMILES string of the molecule is Cc1ccc(-c2ccnc(-n3ncc(C(=O)NCCCc4ccncc4)c3C3CC3)n2)o1. The minimum atomic E-state index is -0.106. The van der Waals surface area contributed by atoms with Crippen molar-refractivity contribution in [3.8, 4) is 17.4 Å². The standard InChI is InChI=1S/C24H24N6O2/c1-16-4-7-21(32-16)20-10-14-27-24(29-20)30-22(18-5-6-18)19(15-28-30)23(31)26-11-2-3-17-8-12-25-13-9-17/h4,7-10,12-15,18H,2-3,5-6,11H2,1H3,(H,26,31). The fourth-order valence-electron chi connectivity index (χ4n) is 3.74. The molecule has 0 aromatic carbocycles. The van der Waals surface area contributed by atoms with Gasteiger partial charge in [0.15, 0.2) is 5.76 Å². The van der Waals surface area contributed by atoms with Gasteiger partial charge in [0.1, 0.15) is 11.5 Å². The minimum Gasteiger partial charge on any atom is -0.460 e. The van der Waals surface area contributed by atoms with Crippen LogP contribution in [0.15, 0.2) is 59.5 Å². The van der Waals surface area contributed by atoms with E-state index in [1.54, 1.807) is 35.5 Å². The van der Waals surface area contributed by atoms with E-state index in [4.69, 9.17) is 4.42 Å². The summed E-state index contributed by atoms with van der Waals surface area (Å²) in [6, 6.07) is 9.58. The minimum absolute atomic E-state index is 0.106. The van der Waals surface area contributed by atoms with Gasteiger partial charge in [-0.15, -0.1) is 0 Å². The second-order valence-electron chi connectivity index (χ2n) is 8.00. The summed E-state index contributed by atoms with van der Waals surface area (Å²) >= 11 is 0. The first-order chi connectivity index (χ1) is 15.7. The zero-order chi connectivity index (χ0) is 21.9. The molecule has 1 aliphatic carbocycles. The lowest BCUT2D eigenvalue weighted by Gasteiger charge is -2.09. The van der Waals surface area contributed by atoms with E-state index in [1.807, 2.05) is 31.2 Å². The summed E-state index contributed by atoms with van der Waals surface area (Å²) < 4.78 is 7.39. The van der Waals surface area contributed by atoms with Crippen molar-refractivity contribution < 1.29 is 9.21 Å². The fraction of sp³-hybridized carbons (Fsp3) is 0.292. The van der Waals surface area contributed by atoms with Crippen LogP contribution in [-0.2, 0) is 6.42 Å². The van der Waals surface area contributed by atoms with E-state index >= 15 is 0 Å². The monoisotopic (exact) mass is 428 g/mol. The molecule has 0 radical (unpaired) electrons. The molecular formula is C24H24N6O2. The molecule has 0 spiro atoms. The third-order valence-electron chi connectivity index (χ3n) is 5.52. The zero-order valence-electron chi connectivity index (χ0n) is 17.9. The lowest BCUT2D eigenvalue weighted by Crippen LogP contribution is -2.25. The number of pyridine rings is 1. The quantitative estimate of drug-likeness (QED) is 0.428. The van der Waals surface area contributed by atoms with Gasteiger partial charge in [0.05, 0.1) is 17.5 Å². The van der Waals surface area contributed by atoms with Gasteiger partial charge in [-0.25, -0.2) is 14.6 Å². The highest BCUT2D eigenvalue weighted by molar-refractivity contribution is 5.95. The molecule has 8 heteroatoms. The van der Waals surface area contributed by atoms with Crippen LogP contribution in [0.3, 0.4) is 0 Å². The van der Waals surface area contributed by atoms with E-state index < -0.39 is 0 Å². The highest BCUT2D eigenvalue weighted by Crippen LogP contribution is 2.42. The maximum Gasteiger partial charge on any atom is 0.254 e. The number of furan rings is 1. The van der Waals surface area contributed by atoms with Gasteiger partial charge < -0.3 is 9.73 Å². The van der Waals surface area contributed by atoms with E-state index in [9.17, 15) is 4.79 Å². The van der Waals surface area contributed by atoms with Crippen molar-refractivity contribution in [2.45, 2.75) is 38.5 Å². The molecule has 0 saturated heterocycles. The Morgan fingerprint density at radius 1 is 1.16 bits per heavy atom. The summed E-state index contributed by atoms with van der Waals surface area (Å²) in [7, 11) is 0. The maximum atomic E-state index is 12.9. The molecule has 1 fully saturated rings. The van der Waals surface area contributed by atoms with Crippen molar-refractivity contribution >= 4 is 5.91 Å². The van der Waals surface area contributed by atoms with Gasteiger partial charge in [-0.3, -0.25) is 9.78 Å². The normalized spacial score (nSPS) is 13.3. The number of carbonyl (C=O) groups is 1. The Labute approximate surface area is 185 Å². The first kappa shape index (κ1) is 20.1. The van der Waals surface area contributed by atoms with Crippen LogP contribution in [0.25, 0.3) is 17.4 Å². The number of aryl methyl sites for hydroxylation is 2. The first-order valence-corrected chi connectivity index (χ1v) is 10.8. The van der Waals surface area contributed by atoms with Crippen LogP contribution in [0, 0.1) is 6.92 Å². The summed E-state index contributed by atoms with van der Waals surface area (Å²) in [5.41, 5.74) is 3.37. The molecule has 5 rings (SSSR count). The highest BCUT2D eigenvalue weighted by atomic mass is 16.3. The molecule has 0 atom stereocenters. The molecule has 1 N–H and O–H groups in total. The Morgan fingerprint density at radius 3 is 2.75 bits per heavy atom. The molecule has 1 aliphatic rings. The van der Waals surface area contributed by atoms with Gasteiger partial charge in [0.2, 0.25) is 0 Å². The van der Waals surface area contributed by atoms with Crippen LogP contribution in [-0.4, -0.2) is 37.2 Å².